The Bertz CT molecular complexity index is 552. The Hall–Kier alpha value is -1.74. The number of aryl methyl sites for hydroxylation is 2. The van der Waals surface area contributed by atoms with Gasteiger partial charge in [-0.3, -0.25) is 4.98 Å². The topological polar surface area (TPSA) is 38.9 Å². The van der Waals surface area contributed by atoms with Crippen molar-refractivity contribution in [2.45, 2.75) is 26.3 Å². The zero-order valence-electron chi connectivity index (χ0n) is 10.7. The minimum Gasteiger partial charge on any atom is -0.319 e. The third-order valence-corrected chi connectivity index (χ3v) is 3.16. The van der Waals surface area contributed by atoms with Crippen LogP contribution in [0.25, 0.3) is 0 Å². The van der Waals surface area contributed by atoms with Crippen LogP contribution in [-0.4, -0.2) is 4.98 Å². The van der Waals surface area contributed by atoms with Crippen molar-refractivity contribution >= 4 is 0 Å². The Morgan fingerprint density at radius 2 is 2.11 bits per heavy atom. The molecule has 3 heteroatoms. The lowest BCUT2D eigenvalue weighted by Gasteiger charge is -2.15. The van der Waals surface area contributed by atoms with E-state index in [1.54, 1.807) is 19.2 Å². The van der Waals surface area contributed by atoms with Crippen LogP contribution in [0.1, 0.15) is 35.3 Å². The molecule has 0 saturated carbocycles. The fraction of sp³-hybridized carbons (Fsp3) is 0.267. The normalized spacial score (nSPS) is 12.4. The molecule has 18 heavy (non-hydrogen) atoms. The number of halogens is 1. The fourth-order valence-corrected chi connectivity index (χ4v) is 1.99. The molecule has 2 aromatic rings. The maximum atomic E-state index is 13.6. The van der Waals surface area contributed by atoms with Crippen LogP contribution in [0.4, 0.5) is 4.39 Å². The average molecular weight is 244 g/mol. The lowest BCUT2D eigenvalue weighted by molar-refractivity contribution is 0.613. The van der Waals surface area contributed by atoms with Crippen molar-refractivity contribution in [3.8, 4) is 0 Å². The quantitative estimate of drug-likeness (QED) is 0.900. The summed E-state index contributed by atoms with van der Waals surface area (Å²) >= 11 is 0. The molecule has 0 amide bonds. The standard InChI is InChI=1S/C15H17FN2/c1-3-11-5-4-8-18-15(11)14(17)12-7-6-10(2)13(16)9-12/h4-9,14H,3,17H2,1-2H3. The highest BCUT2D eigenvalue weighted by Crippen LogP contribution is 2.22. The van der Waals surface area contributed by atoms with Crippen molar-refractivity contribution in [2.75, 3.05) is 0 Å². The molecule has 1 heterocycles. The molecule has 1 aromatic carbocycles. The Labute approximate surface area is 107 Å². The van der Waals surface area contributed by atoms with E-state index in [0.717, 1.165) is 23.2 Å². The van der Waals surface area contributed by atoms with E-state index in [4.69, 9.17) is 5.73 Å². The molecule has 1 aromatic heterocycles. The first-order valence-corrected chi connectivity index (χ1v) is 6.09. The Morgan fingerprint density at radius 1 is 1.33 bits per heavy atom. The van der Waals surface area contributed by atoms with Crippen LogP contribution in [0.5, 0.6) is 0 Å². The molecule has 0 saturated heterocycles. The number of hydrogen-bond acceptors (Lipinski definition) is 2. The summed E-state index contributed by atoms with van der Waals surface area (Å²) in [6.45, 7) is 3.80. The highest BCUT2D eigenvalue weighted by Gasteiger charge is 2.14. The van der Waals surface area contributed by atoms with Crippen molar-refractivity contribution in [3.05, 3.63) is 64.7 Å². The number of benzene rings is 1. The zero-order chi connectivity index (χ0) is 13.1. The summed E-state index contributed by atoms with van der Waals surface area (Å²) in [6, 6.07) is 8.62. The number of nitrogens with two attached hydrogens (primary N) is 1. The SMILES string of the molecule is CCc1cccnc1C(N)c1ccc(C)c(F)c1. The van der Waals surface area contributed by atoms with Crippen LogP contribution in [0.15, 0.2) is 36.5 Å². The van der Waals surface area contributed by atoms with Crippen molar-refractivity contribution < 1.29 is 4.39 Å². The summed E-state index contributed by atoms with van der Waals surface area (Å²) in [5.41, 5.74) is 9.49. The van der Waals surface area contributed by atoms with Crippen molar-refractivity contribution in [3.63, 3.8) is 0 Å². The first-order chi connectivity index (χ1) is 8.63. The summed E-state index contributed by atoms with van der Waals surface area (Å²) < 4.78 is 13.6. The molecule has 0 spiro atoms. The molecule has 1 atom stereocenters. The average Bonchev–Trinajstić information content (AvgIpc) is 2.41. The van der Waals surface area contributed by atoms with E-state index in [9.17, 15) is 4.39 Å². The first-order valence-electron chi connectivity index (χ1n) is 6.09. The second kappa shape index (κ2) is 5.27. The largest absolute Gasteiger partial charge is 0.319 e. The summed E-state index contributed by atoms with van der Waals surface area (Å²) in [6.07, 6.45) is 2.59. The van der Waals surface area contributed by atoms with Crippen LogP contribution in [0.3, 0.4) is 0 Å². The summed E-state index contributed by atoms with van der Waals surface area (Å²) in [4.78, 5) is 4.33. The van der Waals surface area contributed by atoms with Crippen LogP contribution < -0.4 is 5.73 Å². The second-order valence-electron chi connectivity index (χ2n) is 4.39. The van der Waals surface area contributed by atoms with Gasteiger partial charge in [-0.2, -0.15) is 0 Å². The summed E-state index contributed by atoms with van der Waals surface area (Å²) in [7, 11) is 0. The van der Waals surface area contributed by atoms with Crippen LogP contribution in [0.2, 0.25) is 0 Å². The molecular formula is C15H17FN2. The molecule has 2 rings (SSSR count). The van der Waals surface area contributed by atoms with Gasteiger partial charge in [-0.1, -0.05) is 25.1 Å². The Balaban J connectivity index is 2.41. The van der Waals surface area contributed by atoms with E-state index in [0.29, 0.717) is 5.56 Å². The van der Waals surface area contributed by atoms with Gasteiger partial charge in [0.15, 0.2) is 0 Å². The van der Waals surface area contributed by atoms with Gasteiger partial charge in [-0.25, -0.2) is 4.39 Å². The van der Waals surface area contributed by atoms with Gasteiger partial charge in [-0.15, -0.1) is 0 Å². The van der Waals surface area contributed by atoms with Crippen LogP contribution >= 0.6 is 0 Å². The van der Waals surface area contributed by atoms with E-state index in [2.05, 4.69) is 11.9 Å². The van der Waals surface area contributed by atoms with Gasteiger partial charge in [0.2, 0.25) is 0 Å². The van der Waals surface area contributed by atoms with Gasteiger partial charge in [0.25, 0.3) is 0 Å². The van der Waals surface area contributed by atoms with Gasteiger partial charge >= 0.3 is 0 Å². The van der Waals surface area contributed by atoms with Gasteiger partial charge in [0.1, 0.15) is 5.82 Å². The minimum atomic E-state index is -0.378. The summed E-state index contributed by atoms with van der Waals surface area (Å²) in [5, 5.41) is 0. The second-order valence-corrected chi connectivity index (χ2v) is 4.39. The van der Waals surface area contributed by atoms with Gasteiger partial charge in [-0.05, 0) is 42.2 Å². The van der Waals surface area contributed by atoms with E-state index in [1.807, 2.05) is 18.2 Å². The number of hydrogen-bond donors (Lipinski definition) is 1. The molecule has 0 radical (unpaired) electrons. The number of aromatic nitrogens is 1. The number of rotatable bonds is 3. The van der Waals surface area contributed by atoms with Gasteiger partial charge in [0.05, 0.1) is 11.7 Å². The maximum Gasteiger partial charge on any atom is 0.126 e. The van der Waals surface area contributed by atoms with Crippen molar-refractivity contribution in [1.82, 2.24) is 4.98 Å². The summed E-state index contributed by atoms with van der Waals surface area (Å²) in [5.74, 6) is -0.225. The molecular weight excluding hydrogens is 227 g/mol. The molecule has 0 aliphatic carbocycles. The van der Waals surface area contributed by atoms with E-state index >= 15 is 0 Å². The van der Waals surface area contributed by atoms with E-state index in [1.165, 1.54) is 6.07 Å². The third kappa shape index (κ3) is 2.41. The molecule has 2 nitrogen and oxygen atoms in total. The zero-order valence-corrected chi connectivity index (χ0v) is 10.7. The van der Waals surface area contributed by atoms with Crippen molar-refractivity contribution in [2.24, 2.45) is 5.73 Å². The highest BCUT2D eigenvalue weighted by molar-refractivity contribution is 5.34. The maximum absolute atomic E-state index is 13.6. The molecule has 0 fully saturated rings. The fourth-order valence-electron chi connectivity index (χ4n) is 1.99. The molecule has 1 unspecified atom stereocenters. The molecule has 94 valence electrons. The molecule has 0 bridgehead atoms. The molecule has 2 N–H and O–H groups in total. The smallest absolute Gasteiger partial charge is 0.126 e. The Morgan fingerprint density at radius 3 is 2.78 bits per heavy atom. The van der Waals surface area contributed by atoms with E-state index < -0.39 is 0 Å². The monoisotopic (exact) mass is 244 g/mol. The first kappa shape index (κ1) is 12.7. The lowest BCUT2D eigenvalue weighted by atomic mass is 9.98. The van der Waals surface area contributed by atoms with E-state index in [-0.39, 0.29) is 11.9 Å². The Kier molecular flexibility index (Phi) is 3.72. The van der Waals surface area contributed by atoms with Crippen molar-refractivity contribution in [1.29, 1.82) is 0 Å². The molecule has 0 aliphatic rings. The van der Waals surface area contributed by atoms with Gasteiger partial charge < -0.3 is 5.73 Å². The van der Waals surface area contributed by atoms with Crippen LogP contribution in [0, 0.1) is 12.7 Å². The number of nitrogens with zero attached hydrogens (tertiary/aromatic N) is 1. The molecule has 0 aliphatic heterocycles. The van der Waals surface area contributed by atoms with Gasteiger partial charge in [0, 0.05) is 6.20 Å². The predicted molar refractivity (Wildman–Crippen MR) is 70.8 cm³/mol. The number of pyridine rings is 1. The lowest BCUT2D eigenvalue weighted by Crippen LogP contribution is -2.16. The minimum absolute atomic E-state index is 0.225. The predicted octanol–water partition coefficient (Wildman–Crippen LogP) is 3.14. The van der Waals surface area contributed by atoms with Crippen LogP contribution in [-0.2, 0) is 6.42 Å². The highest BCUT2D eigenvalue weighted by atomic mass is 19.1. The third-order valence-electron chi connectivity index (χ3n) is 3.16.